The van der Waals surface area contributed by atoms with Gasteiger partial charge in [0.25, 0.3) is 0 Å². The lowest BCUT2D eigenvalue weighted by molar-refractivity contribution is 0.0874. The van der Waals surface area contributed by atoms with Crippen LogP contribution in [0.15, 0.2) is 6.07 Å². The van der Waals surface area contributed by atoms with E-state index < -0.39 is 5.60 Å². The SMILES string of the molecule is CCN(CC(C)(C)O)c1nc(C)cc(C)c1C(=N)N. The summed E-state index contributed by atoms with van der Waals surface area (Å²) in [5.41, 5.74) is 7.31. The van der Waals surface area contributed by atoms with Crippen molar-refractivity contribution in [1.29, 1.82) is 5.41 Å². The molecule has 0 spiro atoms. The van der Waals surface area contributed by atoms with E-state index in [9.17, 15) is 5.11 Å². The van der Waals surface area contributed by atoms with Gasteiger partial charge in [-0.3, -0.25) is 5.41 Å². The molecular weight excluding hydrogens is 240 g/mol. The van der Waals surface area contributed by atoms with Crippen LogP contribution in [0.2, 0.25) is 0 Å². The van der Waals surface area contributed by atoms with Crippen molar-refractivity contribution in [1.82, 2.24) is 4.98 Å². The molecule has 19 heavy (non-hydrogen) atoms. The topological polar surface area (TPSA) is 86.2 Å². The number of amidine groups is 1. The minimum absolute atomic E-state index is 0.00851. The Morgan fingerprint density at radius 1 is 1.47 bits per heavy atom. The number of likely N-dealkylation sites (N-methyl/N-ethyl adjacent to an activating group) is 1. The minimum atomic E-state index is -0.830. The Kier molecular flexibility index (Phi) is 4.52. The largest absolute Gasteiger partial charge is 0.389 e. The molecule has 1 rings (SSSR count). The van der Waals surface area contributed by atoms with E-state index in [2.05, 4.69) is 4.98 Å². The molecule has 0 saturated heterocycles. The summed E-state index contributed by atoms with van der Waals surface area (Å²) < 4.78 is 0. The molecule has 0 fully saturated rings. The first-order valence-electron chi connectivity index (χ1n) is 6.45. The lowest BCUT2D eigenvalue weighted by Gasteiger charge is -2.31. The van der Waals surface area contributed by atoms with Gasteiger partial charge < -0.3 is 15.7 Å². The third-order valence-electron chi connectivity index (χ3n) is 2.85. The highest BCUT2D eigenvalue weighted by atomic mass is 16.3. The van der Waals surface area contributed by atoms with Crippen molar-refractivity contribution in [2.24, 2.45) is 5.73 Å². The molecule has 0 aromatic carbocycles. The number of nitrogen functional groups attached to an aromatic ring is 1. The number of aliphatic hydroxyl groups is 1. The molecule has 0 bridgehead atoms. The molecule has 0 aliphatic rings. The van der Waals surface area contributed by atoms with Crippen LogP contribution in [0.3, 0.4) is 0 Å². The number of nitrogens with zero attached hydrogens (tertiary/aromatic N) is 2. The van der Waals surface area contributed by atoms with Crippen LogP contribution in [-0.4, -0.2) is 34.6 Å². The number of hydrogen-bond donors (Lipinski definition) is 3. The van der Waals surface area contributed by atoms with Gasteiger partial charge >= 0.3 is 0 Å². The summed E-state index contributed by atoms with van der Waals surface area (Å²) in [6, 6.07) is 1.91. The van der Waals surface area contributed by atoms with Gasteiger partial charge in [-0.05, 0) is 46.2 Å². The van der Waals surface area contributed by atoms with Gasteiger partial charge in [-0.2, -0.15) is 0 Å². The van der Waals surface area contributed by atoms with Crippen molar-refractivity contribution in [3.05, 3.63) is 22.9 Å². The normalized spacial score (nSPS) is 11.5. The van der Waals surface area contributed by atoms with Gasteiger partial charge in [-0.1, -0.05) is 0 Å². The molecule has 0 aliphatic carbocycles. The second kappa shape index (κ2) is 5.57. The number of nitrogens with one attached hydrogen (secondary N) is 1. The second-order valence-electron chi connectivity index (χ2n) is 5.52. The molecule has 1 aromatic rings. The zero-order valence-electron chi connectivity index (χ0n) is 12.4. The van der Waals surface area contributed by atoms with E-state index in [1.54, 1.807) is 13.8 Å². The quantitative estimate of drug-likeness (QED) is 0.556. The number of hydrogen-bond acceptors (Lipinski definition) is 4. The number of rotatable bonds is 5. The summed E-state index contributed by atoms with van der Waals surface area (Å²) in [5, 5.41) is 17.7. The first-order valence-corrected chi connectivity index (χ1v) is 6.45. The molecule has 5 nitrogen and oxygen atoms in total. The van der Waals surface area contributed by atoms with Gasteiger partial charge in [-0.15, -0.1) is 0 Å². The number of aryl methyl sites for hydroxylation is 2. The van der Waals surface area contributed by atoms with Crippen LogP contribution < -0.4 is 10.6 Å². The van der Waals surface area contributed by atoms with Crippen LogP contribution in [0.5, 0.6) is 0 Å². The highest BCUT2D eigenvalue weighted by Gasteiger charge is 2.22. The van der Waals surface area contributed by atoms with Crippen molar-refractivity contribution in [2.45, 2.75) is 40.2 Å². The van der Waals surface area contributed by atoms with Crippen molar-refractivity contribution >= 4 is 11.7 Å². The van der Waals surface area contributed by atoms with Crippen molar-refractivity contribution in [3.8, 4) is 0 Å². The third kappa shape index (κ3) is 3.92. The van der Waals surface area contributed by atoms with Crippen LogP contribution in [0.1, 0.15) is 37.6 Å². The maximum atomic E-state index is 9.99. The smallest absolute Gasteiger partial charge is 0.140 e. The minimum Gasteiger partial charge on any atom is -0.389 e. The van der Waals surface area contributed by atoms with Gasteiger partial charge in [0.05, 0.1) is 11.2 Å². The van der Waals surface area contributed by atoms with Crippen LogP contribution in [0, 0.1) is 19.3 Å². The molecular formula is C14H24N4O. The van der Waals surface area contributed by atoms with Gasteiger partial charge in [0.15, 0.2) is 0 Å². The molecule has 0 saturated carbocycles. The molecule has 106 valence electrons. The summed E-state index contributed by atoms with van der Waals surface area (Å²) in [4.78, 5) is 6.46. The third-order valence-corrected chi connectivity index (χ3v) is 2.85. The van der Waals surface area contributed by atoms with Crippen LogP contribution in [0.25, 0.3) is 0 Å². The molecule has 0 aliphatic heterocycles. The van der Waals surface area contributed by atoms with E-state index in [0.717, 1.165) is 11.3 Å². The fourth-order valence-corrected chi connectivity index (χ4v) is 2.18. The Bertz CT molecular complexity index is 477. The number of pyridine rings is 1. The zero-order chi connectivity index (χ0) is 14.8. The van der Waals surface area contributed by atoms with Crippen LogP contribution in [0.4, 0.5) is 5.82 Å². The first-order chi connectivity index (χ1) is 8.65. The number of anilines is 1. The average molecular weight is 264 g/mol. The molecule has 4 N–H and O–H groups in total. The van der Waals surface area contributed by atoms with Gasteiger partial charge in [0, 0.05) is 18.8 Å². The maximum Gasteiger partial charge on any atom is 0.140 e. The molecule has 1 heterocycles. The van der Waals surface area contributed by atoms with E-state index in [1.165, 1.54) is 0 Å². The Balaban J connectivity index is 3.33. The summed E-state index contributed by atoms with van der Waals surface area (Å²) in [5.74, 6) is 0.684. The molecule has 5 heteroatoms. The van der Waals surface area contributed by atoms with Crippen molar-refractivity contribution in [2.75, 3.05) is 18.0 Å². The summed E-state index contributed by atoms with van der Waals surface area (Å²) in [6.07, 6.45) is 0. The zero-order valence-corrected chi connectivity index (χ0v) is 12.4. The lowest BCUT2D eigenvalue weighted by atomic mass is 10.1. The molecule has 0 unspecified atom stereocenters. The molecule has 0 radical (unpaired) electrons. The highest BCUT2D eigenvalue weighted by molar-refractivity contribution is 6.01. The highest BCUT2D eigenvalue weighted by Crippen LogP contribution is 2.23. The maximum absolute atomic E-state index is 9.99. The summed E-state index contributed by atoms with van der Waals surface area (Å²) in [6.45, 7) is 10.5. The van der Waals surface area contributed by atoms with Gasteiger partial charge in [0.2, 0.25) is 0 Å². The first kappa shape index (κ1) is 15.4. The molecule has 0 amide bonds. The Morgan fingerprint density at radius 2 is 2.05 bits per heavy atom. The van der Waals surface area contributed by atoms with Gasteiger partial charge in [0.1, 0.15) is 11.7 Å². The lowest BCUT2D eigenvalue weighted by Crippen LogP contribution is -2.40. The van der Waals surface area contributed by atoms with E-state index in [0.29, 0.717) is 24.5 Å². The number of aromatic nitrogens is 1. The fraction of sp³-hybridized carbons (Fsp3) is 0.571. The second-order valence-corrected chi connectivity index (χ2v) is 5.52. The summed E-state index contributed by atoms with van der Waals surface area (Å²) in [7, 11) is 0. The van der Waals surface area contributed by atoms with Crippen LogP contribution >= 0.6 is 0 Å². The summed E-state index contributed by atoms with van der Waals surface area (Å²) >= 11 is 0. The fourth-order valence-electron chi connectivity index (χ4n) is 2.18. The Morgan fingerprint density at radius 3 is 2.47 bits per heavy atom. The predicted molar refractivity (Wildman–Crippen MR) is 78.9 cm³/mol. The van der Waals surface area contributed by atoms with E-state index in [1.807, 2.05) is 31.7 Å². The van der Waals surface area contributed by atoms with Crippen molar-refractivity contribution < 1.29 is 5.11 Å². The monoisotopic (exact) mass is 264 g/mol. The average Bonchev–Trinajstić information content (AvgIpc) is 2.22. The Hall–Kier alpha value is -1.62. The van der Waals surface area contributed by atoms with E-state index in [4.69, 9.17) is 11.1 Å². The van der Waals surface area contributed by atoms with Crippen molar-refractivity contribution in [3.63, 3.8) is 0 Å². The Labute approximate surface area is 115 Å². The van der Waals surface area contributed by atoms with Gasteiger partial charge in [-0.25, -0.2) is 4.98 Å². The van der Waals surface area contributed by atoms with Crippen LogP contribution in [-0.2, 0) is 0 Å². The molecule has 1 aromatic heterocycles. The number of nitrogens with two attached hydrogens (primary N) is 1. The van der Waals surface area contributed by atoms with E-state index in [-0.39, 0.29) is 5.84 Å². The molecule has 0 atom stereocenters. The predicted octanol–water partition coefficient (Wildman–Crippen LogP) is 1.58. The standard InChI is InChI=1S/C14H24N4O/c1-6-18(8-14(4,5)19)13-11(12(15)16)9(2)7-10(3)17-13/h7,19H,6,8H2,1-5H3,(H3,15,16). The van der Waals surface area contributed by atoms with E-state index >= 15 is 0 Å².